The highest BCUT2D eigenvalue weighted by atomic mass is 15.6. The van der Waals surface area contributed by atoms with Crippen LogP contribution in [-0.4, -0.2) is 24.9 Å². The van der Waals surface area contributed by atoms with Crippen LogP contribution in [0.4, 0.5) is 0 Å². The second kappa shape index (κ2) is 1.79. The van der Waals surface area contributed by atoms with E-state index in [2.05, 4.69) is 20.2 Å². The average molecular weight is 161 g/mol. The summed E-state index contributed by atoms with van der Waals surface area (Å²) in [5.41, 5.74) is 1.50. The normalized spacial score (nSPS) is 11.3. The van der Waals surface area contributed by atoms with Crippen molar-refractivity contribution in [1.29, 1.82) is 0 Å². The molecule has 0 aromatic carbocycles. The van der Waals surface area contributed by atoms with Gasteiger partial charge in [-0.2, -0.15) is 5.10 Å². The summed E-state index contributed by atoms with van der Waals surface area (Å²) in [4.78, 5) is 8.24. The van der Waals surface area contributed by atoms with E-state index in [1.54, 1.807) is 27.9 Å². The van der Waals surface area contributed by atoms with E-state index in [0.717, 1.165) is 11.3 Å². The smallest absolute Gasteiger partial charge is 0.219 e. The van der Waals surface area contributed by atoms with Gasteiger partial charge in [-0.25, -0.2) is 4.98 Å². The molecule has 1 N–H and O–H groups in total. The molecule has 0 atom stereocenters. The van der Waals surface area contributed by atoms with Crippen LogP contribution in [0, 0.1) is 0 Å². The predicted octanol–water partition coefficient (Wildman–Crippen LogP) is -0.809. The zero-order chi connectivity index (χ0) is 7.97. The van der Waals surface area contributed by atoms with Gasteiger partial charge in [0, 0.05) is 4.74 Å². The maximum atomic E-state index is 4.15. The Bertz CT molecular complexity index is 534. The summed E-state index contributed by atoms with van der Waals surface area (Å²) in [5, 5.41) is 6.95. The Kier molecular flexibility index (Phi) is 0.840. The summed E-state index contributed by atoms with van der Waals surface area (Å²) in [5.74, 6) is 0. The first-order chi connectivity index (χ1) is 5.95. The van der Waals surface area contributed by atoms with Gasteiger partial charge in [-0.3, -0.25) is 0 Å². The Morgan fingerprint density at radius 2 is 2.17 bits per heavy atom. The molecule has 0 bridgehead atoms. The van der Waals surface area contributed by atoms with Crippen molar-refractivity contribution >= 4 is 11.3 Å². The summed E-state index contributed by atoms with van der Waals surface area (Å²) < 4.78 is 3.35. The van der Waals surface area contributed by atoms with Crippen molar-refractivity contribution < 1.29 is 4.52 Å². The van der Waals surface area contributed by atoms with Crippen LogP contribution >= 0.6 is 0 Å². The van der Waals surface area contributed by atoms with Gasteiger partial charge in [0.1, 0.15) is 18.6 Å². The quantitative estimate of drug-likeness (QED) is 0.439. The lowest BCUT2D eigenvalue weighted by atomic mass is 10.7. The highest BCUT2D eigenvalue weighted by Gasteiger charge is 2.10. The van der Waals surface area contributed by atoms with E-state index in [4.69, 9.17) is 0 Å². The van der Waals surface area contributed by atoms with E-state index >= 15 is 0 Å². The minimum atomic E-state index is 0.727. The molecule has 0 unspecified atom stereocenters. The van der Waals surface area contributed by atoms with E-state index in [1.165, 1.54) is 0 Å². The fraction of sp³-hybridized carbons (Fsp3) is 0. The number of aromatic nitrogens is 6. The molecule has 0 amide bonds. The number of fused-ring (bicyclic) bond motifs is 3. The van der Waals surface area contributed by atoms with Crippen molar-refractivity contribution in [1.82, 2.24) is 24.9 Å². The number of hydrogen-bond donors (Lipinski definition) is 1. The lowest BCUT2D eigenvalue weighted by Gasteiger charge is -1.76. The fourth-order valence-electron chi connectivity index (χ4n) is 1.19. The number of aromatic amines is 1. The summed E-state index contributed by atoms with van der Waals surface area (Å²) in [6.45, 7) is 0. The predicted molar refractivity (Wildman–Crippen MR) is 38.3 cm³/mol. The topological polar surface area (TPSA) is 63.0 Å². The molecule has 3 heterocycles. The molecule has 3 aromatic rings. The summed E-state index contributed by atoms with van der Waals surface area (Å²) in [6, 6.07) is 0. The minimum Gasteiger partial charge on any atom is -0.219 e. The summed E-state index contributed by atoms with van der Waals surface area (Å²) in [6.07, 6.45) is 6.78. The van der Waals surface area contributed by atoms with Crippen LogP contribution < -0.4 is 4.52 Å². The van der Waals surface area contributed by atoms with Gasteiger partial charge in [-0.1, -0.05) is 0 Å². The number of nitrogens with one attached hydrogen (secondary N) is 1. The van der Waals surface area contributed by atoms with Gasteiger partial charge >= 0.3 is 5.65 Å². The zero-order valence-corrected chi connectivity index (χ0v) is 6.05. The molecule has 3 rings (SSSR count). The molecule has 0 saturated carbocycles. The van der Waals surface area contributed by atoms with Crippen molar-refractivity contribution in [2.45, 2.75) is 0 Å². The molecule has 0 fully saturated rings. The molecule has 0 saturated heterocycles. The molecule has 3 aromatic heterocycles. The van der Waals surface area contributed by atoms with Gasteiger partial charge in [0.15, 0.2) is 0 Å². The van der Waals surface area contributed by atoms with Gasteiger partial charge in [0.25, 0.3) is 5.65 Å². The average Bonchev–Trinajstić information content (AvgIpc) is 2.62. The van der Waals surface area contributed by atoms with Crippen LogP contribution in [0.15, 0.2) is 24.8 Å². The van der Waals surface area contributed by atoms with Crippen molar-refractivity contribution in [2.24, 2.45) is 0 Å². The maximum absolute atomic E-state index is 4.15. The molecular weight excluding hydrogens is 156 g/mol. The van der Waals surface area contributed by atoms with Gasteiger partial charge in [0.05, 0.1) is 6.20 Å². The van der Waals surface area contributed by atoms with Crippen molar-refractivity contribution in [3.8, 4) is 0 Å². The number of H-pyrrole nitrogens is 1. The van der Waals surface area contributed by atoms with Gasteiger partial charge < -0.3 is 0 Å². The third-order valence-electron chi connectivity index (χ3n) is 1.69. The van der Waals surface area contributed by atoms with Gasteiger partial charge in [-0.15, -0.1) is 9.50 Å². The Morgan fingerprint density at radius 1 is 1.25 bits per heavy atom. The van der Waals surface area contributed by atoms with Gasteiger partial charge in [-0.05, 0) is 5.10 Å². The van der Waals surface area contributed by atoms with Crippen LogP contribution in [0.3, 0.4) is 0 Å². The third-order valence-corrected chi connectivity index (χ3v) is 1.69. The lowest BCUT2D eigenvalue weighted by Crippen LogP contribution is -2.25. The molecule has 6 heteroatoms. The van der Waals surface area contributed by atoms with E-state index in [9.17, 15) is 0 Å². The van der Waals surface area contributed by atoms with Crippen LogP contribution in [0.1, 0.15) is 0 Å². The van der Waals surface area contributed by atoms with Crippen LogP contribution in [0.25, 0.3) is 11.3 Å². The molecule has 58 valence electrons. The highest BCUT2D eigenvalue weighted by molar-refractivity contribution is 5.58. The van der Waals surface area contributed by atoms with Crippen molar-refractivity contribution in [3.63, 3.8) is 0 Å². The Hall–Kier alpha value is -1.98. The largest absolute Gasteiger partial charge is 0.311 e. The van der Waals surface area contributed by atoms with Crippen molar-refractivity contribution in [2.75, 3.05) is 0 Å². The van der Waals surface area contributed by atoms with Gasteiger partial charge in [0.2, 0.25) is 0 Å². The van der Waals surface area contributed by atoms with E-state index < -0.39 is 0 Å². The Labute approximate surface area is 66.5 Å². The molecule has 0 spiro atoms. The second-order valence-electron chi connectivity index (χ2n) is 2.39. The first-order valence-electron chi connectivity index (χ1n) is 3.49. The maximum Gasteiger partial charge on any atom is 0.311 e. The van der Waals surface area contributed by atoms with Crippen LogP contribution in [-0.2, 0) is 0 Å². The summed E-state index contributed by atoms with van der Waals surface area (Å²) in [7, 11) is 0. The standard InChI is InChI=1S/C6H5N6/c1-2-8-6-5(7-1)10-12-9-3-4-11(6)12/h1-4H,(H,7,9,10)/q+1. The molecule has 6 nitrogen and oxygen atoms in total. The van der Waals surface area contributed by atoms with E-state index in [-0.39, 0.29) is 0 Å². The second-order valence-corrected chi connectivity index (χ2v) is 2.39. The third kappa shape index (κ3) is 0.541. The minimum absolute atomic E-state index is 0.727. The summed E-state index contributed by atoms with van der Waals surface area (Å²) >= 11 is 0. The molecule has 0 radical (unpaired) electrons. The van der Waals surface area contributed by atoms with E-state index in [1.807, 2.05) is 6.20 Å². The van der Waals surface area contributed by atoms with E-state index in [0.29, 0.717) is 0 Å². The molecule has 12 heavy (non-hydrogen) atoms. The fourth-order valence-corrected chi connectivity index (χ4v) is 1.19. The number of nitrogens with zero attached hydrogens (tertiary/aromatic N) is 5. The monoisotopic (exact) mass is 161 g/mol. The number of hydrogen-bond acceptors (Lipinski definition) is 3. The Morgan fingerprint density at radius 3 is 3.17 bits per heavy atom. The molecule has 0 aliphatic carbocycles. The molecule has 0 aliphatic rings. The van der Waals surface area contributed by atoms with Crippen LogP contribution in [0.2, 0.25) is 0 Å². The lowest BCUT2D eigenvalue weighted by molar-refractivity contribution is -0.600. The number of rotatable bonds is 0. The molecule has 0 aliphatic heterocycles. The first-order valence-corrected chi connectivity index (χ1v) is 3.49. The SMILES string of the molecule is c1cnc2c(n1)[nH]n1ncc[n+]21. The van der Waals surface area contributed by atoms with Crippen LogP contribution in [0.5, 0.6) is 0 Å². The highest BCUT2D eigenvalue weighted by Crippen LogP contribution is 1.95. The van der Waals surface area contributed by atoms with Crippen molar-refractivity contribution in [3.05, 3.63) is 24.8 Å². The Balaban J connectivity index is 2.68. The molecular formula is C6H5N6+. The zero-order valence-electron chi connectivity index (χ0n) is 6.05. The first kappa shape index (κ1) is 5.64.